The molecule has 2 aromatic rings. The first-order chi connectivity index (χ1) is 5.68. The molecule has 0 aliphatic carbocycles. The number of halogens is 2. The van der Waals surface area contributed by atoms with Crippen LogP contribution in [0.15, 0.2) is 17.5 Å². The fraction of sp³-hybridized carbons (Fsp3) is 0. The molecule has 0 bridgehead atoms. The highest BCUT2D eigenvalue weighted by Gasteiger charge is 2.06. The maximum absolute atomic E-state index is 12.9. The largest absolute Gasteiger partial charge is 0.396 e. The van der Waals surface area contributed by atoms with Gasteiger partial charge in [-0.1, -0.05) is 0 Å². The molecule has 12 heavy (non-hydrogen) atoms. The van der Waals surface area contributed by atoms with Gasteiger partial charge in [0, 0.05) is 15.5 Å². The molecule has 0 aliphatic heterocycles. The number of thiophene rings is 1. The second-order valence-corrected chi connectivity index (χ2v) is 3.36. The van der Waals surface area contributed by atoms with Gasteiger partial charge in [0.1, 0.15) is 11.6 Å². The molecule has 0 unspecified atom stereocenters. The van der Waals surface area contributed by atoms with E-state index in [-0.39, 0.29) is 11.5 Å². The summed E-state index contributed by atoms with van der Waals surface area (Å²) < 4.78 is 26.3. The lowest BCUT2D eigenvalue weighted by Crippen LogP contribution is -1.88. The molecule has 0 atom stereocenters. The summed E-state index contributed by atoms with van der Waals surface area (Å²) >= 11 is 1.17. The summed E-state index contributed by atoms with van der Waals surface area (Å²) in [4.78, 5) is 0. The van der Waals surface area contributed by atoms with Crippen molar-refractivity contribution in [2.75, 3.05) is 5.73 Å². The standard InChI is InChI=1S/C8H5F2NS/c9-5-2-8-4(1-7(5)11)6(10)3-12-8/h1-3H,11H2. The Balaban J connectivity index is 2.87. The minimum Gasteiger partial charge on any atom is -0.396 e. The summed E-state index contributed by atoms with van der Waals surface area (Å²) in [5.74, 6) is -0.842. The Kier molecular flexibility index (Phi) is 1.51. The van der Waals surface area contributed by atoms with Crippen LogP contribution in [-0.2, 0) is 0 Å². The Morgan fingerprint density at radius 1 is 1.17 bits per heavy atom. The van der Waals surface area contributed by atoms with Gasteiger partial charge in [0.2, 0.25) is 0 Å². The normalized spacial score (nSPS) is 10.8. The summed E-state index contributed by atoms with van der Waals surface area (Å²) in [5, 5.41) is 1.72. The number of fused-ring (bicyclic) bond motifs is 1. The van der Waals surface area contributed by atoms with E-state index in [4.69, 9.17) is 5.73 Å². The molecular weight excluding hydrogens is 180 g/mol. The van der Waals surface area contributed by atoms with Gasteiger partial charge < -0.3 is 5.73 Å². The van der Waals surface area contributed by atoms with E-state index in [0.29, 0.717) is 10.1 Å². The van der Waals surface area contributed by atoms with Crippen molar-refractivity contribution < 1.29 is 8.78 Å². The van der Waals surface area contributed by atoms with Crippen LogP contribution < -0.4 is 5.73 Å². The highest BCUT2D eigenvalue weighted by Crippen LogP contribution is 2.28. The van der Waals surface area contributed by atoms with Crippen LogP contribution >= 0.6 is 11.3 Å². The second kappa shape index (κ2) is 2.42. The van der Waals surface area contributed by atoms with E-state index >= 15 is 0 Å². The van der Waals surface area contributed by atoms with E-state index in [2.05, 4.69) is 0 Å². The summed E-state index contributed by atoms with van der Waals surface area (Å²) in [7, 11) is 0. The summed E-state index contributed by atoms with van der Waals surface area (Å²) in [6.07, 6.45) is 0. The molecule has 2 rings (SSSR count). The first-order valence-corrected chi connectivity index (χ1v) is 4.18. The average molecular weight is 185 g/mol. The lowest BCUT2D eigenvalue weighted by atomic mass is 10.2. The third-order valence-electron chi connectivity index (χ3n) is 1.65. The van der Waals surface area contributed by atoms with Crippen molar-refractivity contribution in [2.45, 2.75) is 0 Å². The molecule has 0 saturated carbocycles. The Hall–Kier alpha value is -1.16. The molecule has 0 radical (unpaired) electrons. The van der Waals surface area contributed by atoms with Crippen LogP contribution in [0.3, 0.4) is 0 Å². The molecule has 2 N–H and O–H groups in total. The number of nitrogen functional groups attached to an aromatic ring is 1. The van der Waals surface area contributed by atoms with Gasteiger partial charge in [0.15, 0.2) is 0 Å². The number of benzene rings is 1. The minimum atomic E-state index is -0.496. The maximum atomic E-state index is 12.9. The van der Waals surface area contributed by atoms with Gasteiger partial charge in [-0.2, -0.15) is 0 Å². The van der Waals surface area contributed by atoms with Crippen LogP contribution in [0.4, 0.5) is 14.5 Å². The minimum absolute atomic E-state index is 0.0141. The Morgan fingerprint density at radius 3 is 2.67 bits per heavy atom. The summed E-state index contributed by atoms with van der Waals surface area (Å²) in [6.45, 7) is 0. The quantitative estimate of drug-likeness (QED) is 0.627. The van der Waals surface area contributed by atoms with E-state index in [9.17, 15) is 8.78 Å². The zero-order valence-corrected chi connectivity index (χ0v) is 6.79. The van der Waals surface area contributed by atoms with Crippen molar-refractivity contribution in [3.63, 3.8) is 0 Å². The highest BCUT2D eigenvalue weighted by molar-refractivity contribution is 7.17. The lowest BCUT2D eigenvalue weighted by Gasteiger charge is -1.95. The molecule has 4 heteroatoms. The molecule has 1 aromatic carbocycles. The highest BCUT2D eigenvalue weighted by atomic mass is 32.1. The second-order valence-electron chi connectivity index (χ2n) is 2.45. The monoisotopic (exact) mass is 185 g/mol. The van der Waals surface area contributed by atoms with Crippen molar-refractivity contribution in [3.05, 3.63) is 29.1 Å². The van der Waals surface area contributed by atoms with Crippen molar-refractivity contribution in [3.8, 4) is 0 Å². The van der Waals surface area contributed by atoms with E-state index in [1.807, 2.05) is 0 Å². The Bertz CT molecular complexity index is 436. The van der Waals surface area contributed by atoms with Crippen LogP contribution in [0, 0.1) is 11.6 Å². The summed E-state index contributed by atoms with van der Waals surface area (Å²) in [6, 6.07) is 2.56. The van der Waals surface area contributed by atoms with Crippen molar-refractivity contribution in [1.82, 2.24) is 0 Å². The van der Waals surface area contributed by atoms with E-state index in [0.717, 1.165) is 0 Å². The molecule has 62 valence electrons. The van der Waals surface area contributed by atoms with Gasteiger partial charge in [-0.25, -0.2) is 8.78 Å². The zero-order valence-electron chi connectivity index (χ0n) is 5.97. The molecule has 0 aliphatic rings. The van der Waals surface area contributed by atoms with E-state index < -0.39 is 5.82 Å². The number of hydrogen-bond acceptors (Lipinski definition) is 2. The fourth-order valence-electron chi connectivity index (χ4n) is 1.03. The smallest absolute Gasteiger partial charge is 0.147 e. The van der Waals surface area contributed by atoms with E-state index in [1.54, 1.807) is 0 Å². The van der Waals surface area contributed by atoms with Crippen LogP contribution in [0.2, 0.25) is 0 Å². The topological polar surface area (TPSA) is 26.0 Å². The summed E-state index contributed by atoms with van der Waals surface area (Å²) in [5.41, 5.74) is 5.26. The fourth-order valence-corrected chi connectivity index (χ4v) is 1.85. The molecule has 1 nitrogen and oxygen atoms in total. The molecule has 0 fully saturated rings. The van der Waals surface area contributed by atoms with Gasteiger partial charge in [-0.3, -0.25) is 0 Å². The van der Waals surface area contributed by atoms with Crippen LogP contribution in [0.5, 0.6) is 0 Å². The van der Waals surface area contributed by atoms with Crippen LogP contribution in [0.25, 0.3) is 10.1 Å². The maximum Gasteiger partial charge on any atom is 0.147 e. The number of hydrogen-bond donors (Lipinski definition) is 1. The van der Waals surface area contributed by atoms with Gasteiger partial charge in [-0.05, 0) is 12.1 Å². The molecule has 1 aromatic heterocycles. The molecule has 0 saturated heterocycles. The Morgan fingerprint density at radius 2 is 1.92 bits per heavy atom. The van der Waals surface area contributed by atoms with Gasteiger partial charge in [0.25, 0.3) is 0 Å². The van der Waals surface area contributed by atoms with Gasteiger partial charge in [-0.15, -0.1) is 11.3 Å². The third-order valence-corrected chi connectivity index (χ3v) is 2.56. The van der Waals surface area contributed by atoms with Gasteiger partial charge in [0.05, 0.1) is 5.69 Å². The first-order valence-electron chi connectivity index (χ1n) is 3.30. The SMILES string of the molecule is Nc1cc2c(F)csc2cc1F. The Labute approximate surface area is 71.4 Å². The number of nitrogens with two attached hydrogens (primary N) is 1. The number of anilines is 1. The third kappa shape index (κ3) is 0.956. The lowest BCUT2D eigenvalue weighted by molar-refractivity contribution is 0.632. The van der Waals surface area contributed by atoms with E-state index in [1.165, 1.54) is 28.8 Å². The number of rotatable bonds is 0. The van der Waals surface area contributed by atoms with Crippen molar-refractivity contribution in [2.24, 2.45) is 0 Å². The predicted octanol–water partition coefficient (Wildman–Crippen LogP) is 2.76. The van der Waals surface area contributed by atoms with Gasteiger partial charge >= 0.3 is 0 Å². The zero-order chi connectivity index (χ0) is 8.72. The van der Waals surface area contributed by atoms with Crippen LogP contribution in [0.1, 0.15) is 0 Å². The van der Waals surface area contributed by atoms with Crippen molar-refractivity contribution in [1.29, 1.82) is 0 Å². The molecule has 0 amide bonds. The molecule has 1 heterocycles. The molecular formula is C8H5F2NS. The van der Waals surface area contributed by atoms with Crippen LogP contribution in [-0.4, -0.2) is 0 Å². The first kappa shape index (κ1) is 7.49. The van der Waals surface area contributed by atoms with Crippen molar-refractivity contribution >= 4 is 27.1 Å². The predicted molar refractivity (Wildman–Crippen MR) is 46.2 cm³/mol. The average Bonchev–Trinajstić information content (AvgIpc) is 2.35. The molecule has 0 spiro atoms.